The number of aryl methyl sites for hydroxylation is 2. The second-order valence-corrected chi connectivity index (χ2v) is 8.73. The fraction of sp³-hybridized carbons (Fsp3) is 0.231. The van der Waals surface area contributed by atoms with Crippen LogP contribution in [0.1, 0.15) is 22.7 Å². The number of hydrogen-bond donors (Lipinski definition) is 0. The Morgan fingerprint density at radius 3 is 2.03 bits per heavy atom. The maximum absolute atomic E-state index is 13.9. The Morgan fingerprint density at radius 2 is 1.47 bits per heavy atom. The number of carbonyl (C=O) groups is 2. The zero-order valence-corrected chi connectivity index (χ0v) is 19.4. The standard InChI is InChI=1S/C26H26ClN3O2/c1-17-6-5-7-18(2)24(17)29-16-23(31)30(22-14-10-20(27)11-15-22)25(26(29)32)19-8-12-21(13-9-19)28(3)4/h5-15,25H,16H2,1-4H3/t25-/m0/s1. The number of piperazine rings is 1. The van der Waals surface area contributed by atoms with Crippen LogP contribution in [0.4, 0.5) is 17.1 Å². The van der Waals surface area contributed by atoms with Crippen molar-refractivity contribution in [2.24, 2.45) is 0 Å². The van der Waals surface area contributed by atoms with Gasteiger partial charge in [0.05, 0.1) is 5.69 Å². The fourth-order valence-electron chi connectivity index (χ4n) is 4.25. The van der Waals surface area contributed by atoms with Crippen LogP contribution in [-0.2, 0) is 9.59 Å². The largest absolute Gasteiger partial charge is 0.378 e. The minimum atomic E-state index is -0.771. The Morgan fingerprint density at radius 1 is 0.875 bits per heavy atom. The molecule has 0 aliphatic carbocycles. The van der Waals surface area contributed by atoms with Gasteiger partial charge in [-0.1, -0.05) is 41.9 Å². The molecule has 1 heterocycles. The zero-order valence-electron chi connectivity index (χ0n) is 18.7. The van der Waals surface area contributed by atoms with Crippen molar-refractivity contribution in [3.63, 3.8) is 0 Å². The van der Waals surface area contributed by atoms with Gasteiger partial charge in [0.15, 0.2) is 0 Å². The van der Waals surface area contributed by atoms with E-state index in [1.165, 1.54) is 0 Å². The molecule has 164 valence electrons. The lowest BCUT2D eigenvalue weighted by Crippen LogP contribution is -2.56. The first kappa shape index (κ1) is 21.9. The molecule has 1 aliphatic rings. The summed E-state index contributed by atoms with van der Waals surface area (Å²) in [6, 6.07) is 19.9. The van der Waals surface area contributed by atoms with Crippen LogP contribution in [0.2, 0.25) is 5.02 Å². The van der Waals surface area contributed by atoms with Crippen molar-refractivity contribution >= 4 is 40.5 Å². The Labute approximate surface area is 193 Å². The summed E-state index contributed by atoms with van der Waals surface area (Å²) in [5.41, 5.74) is 5.17. The van der Waals surface area contributed by atoms with Gasteiger partial charge in [-0.2, -0.15) is 0 Å². The molecule has 5 nitrogen and oxygen atoms in total. The number of benzene rings is 3. The molecular weight excluding hydrogens is 422 g/mol. The van der Waals surface area contributed by atoms with Crippen LogP contribution in [0.25, 0.3) is 0 Å². The number of amides is 2. The van der Waals surface area contributed by atoms with Crippen LogP contribution in [0.3, 0.4) is 0 Å². The number of hydrogen-bond acceptors (Lipinski definition) is 3. The monoisotopic (exact) mass is 447 g/mol. The fourth-order valence-corrected chi connectivity index (χ4v) is 4.38. The van der Waals surface area contributed by atoms with E-state index in [1.807, 2.05) is 75.3 Å². The van der Waals surface area contributed by atoms with Crippen LogP contribution in [0.15, 0.2) is 66.7 Å². The molecule has 0 unspecified atom stereocenters. The topological polar surface area (TPSA) is 43.9 Å². The number of anilines is 3. The third-order valence-electron chi connectivity index (χ3n) is 5.86. The molecule has 6 heteroatoms. The molecule has 0 spiro atoms. The van der Waals surface area contributed by atoms with Crippen molar-refractivity contribution in [1.82, 2.24) is 0 Å². The van der Waals surface area contributed by atoms with Gasteiger partial charge in [0, 0.05) is 30.5 Å². The van der Waals surface area contributed by atoms with E-state index < -0.39 is 6.04 Å². The summed E-state index contributed by atoms with van der Waals surface area (Å²) in [5, 5.41) is 0.577. The summed E-state index contributed by atoms with van der Waals surface area (Å²) in [5.74, 6) is -0.272. The predicted octanol–water partition coefficient (Wildman–Crippen LogP) is 5.14. The van der Waals surface area contributed by atoms with Crippen molar-refractivity contribution in [1.29, 1.82) is 0 Å². The SMILES string of the molecule is Cc1cccc(C)c1N1CC(=O)N(c2ccc(Cl)cc2)[C@@H](c2ccc(N(C)C)cc2)C1=O. The van der Waals surface area contributed by atoms with Crippen molar-refractivity contribution in [3.8, 4) is 0 Å². The second kappa shape index (κ2) is 8.67. The Hall–Kier alpha value is -3.31. The van der Waals surface area contributed by atoms with Crippen LogP contribution >= 0.6 is 11.6 Å². The summed E-state index contributed by atoms with van der Waals surface area (Å²) in [6.45, 7) is 3.92. The average Bonchev–Trinajstić information content (AvgIpc) is 2.76. The van der Waals surface area contributed by atoms with Crippen molar-refractivity contribution in [2.75, 3.05) is 35.3 Å². The zero-order chi connectivity index (χ0) is 23.0. The molecule has 4 rings (SSSR count). The minimum Gasteiger partial charge on any atom is -0.378 e. The lowest BCUT2D eigenvalue weighted by Gasteiger charge is -2.41. The number of halogens is 1. The summed E-state index contributed by atoms with van der Waals surface area (Å²) >= 11 is 6.07. The molecule has 1 fully saturated rings. The third kappa shape index (κ3) is 3.96. The summed E-state index contributed by atoms with van der Waals surface area (Å²) in [6.07, 6.45) is 0. The summed E-state index contributed by atoms with van der Waals surface area (Å²) < 4.78 is 0. The van der Waals surface area contributed by atoms with Gasteiger partial charge in [0.1, 0.15) is 12.6 Å². The second-order valence-electron chi connectivity index (χ2n) is 8.29. The van der Waals surface area contributed by atoms with E-state index >= 15 is 0 Å². The number of rotatable bonds is 4. The molecule has 0 aromatic heterocycles. The summed E-state index contributed by atoms with van der Waals surface area (Å²) in [4.78, 5) is 32.6. The average molecular weight is 448 g/mol. The van der Waals surface area contributed by atoms with Gasteiger partial charge in [0.2, 0.25) is 5.91 Å². The Bertz CT molecular complexity index is 1140. The van der Waals surface area contributed by atoms with E-state index in [0.717, 1.165) is 28.1 Å². The van der Waals surface area contributed by atoms with E-state index in [1.54, 1.807) is 34.1 Å². The normalized spacial score (nSPS) is 16.5. The van der Waals surface area contributed by atoms with Crippen molar-refractivity contribution in [2.45, 2.75) is 19.9 Å². The van der Waals surface area contributed by atoms with Gasteiger partial charge in [0.25, 0.3) is 5.91 Å². The minimum absolute atomic E-state index is 0.0144. The quantitative estimate of drug-likeness (QED) is 0.556. The van der Waals surface area contributed by atoms with Crippen LogP contribution < -0.4 is 14.7 Å². The van der Waals surface area contributed by atoms with Crippen LogP contribution in [0.5, 0.6) is 0 Å². The molecule has 32 heavy (non-hydrogen) atoms. The number of para-hydroxylation sites is 1. The summed E-state index contributed by atoms with van der Waals surface area (Å²) in [7, 11) is 3.93. The maximum Gasteiger partial charge on any atom is 0.255 e. The Balaban J connectivity index is 1.84. The molecule has 0 bridgehead atoms. The molecule has 1 aliphatic heterocycles. The van der Waals surface area contributed by atoms with Crippen molar-refractivity contribution < 1.29 is 9.59 Å². The lowest BCUT2D eigenvalue weighted by atomic mass is 9.97. The number of nitrogens with zero attached hydrogens (tertiary/aromatic N) is 3. The highest BCUT2D eigenvalue weighted by molar-refractivity contribution is 6.30. The molecule has 3 aromatic rings. The van der Waals surface area contributed by atoms with Gasteiger partial charge in [-0.15, -0.1) is 0 Å². The molecule has 1 atom stereocenters. The molecule has 2 amide bonds. The van der Waals surface area contributed by atoms with Gasteiger partial charge < -0.3 is 9.80 Å². The molecule has 0 N–H and O–H groups in total. The van der Waals surface area contributed by atoms with Gasteiger partial charge >= 0.3 is 0 Å². The predicted molar refractivity (Wildman–Crippen MR) is 131 cm³/mol. The highest BCUT2D eigenvalue weighted by Crippen LogP contribution is 2.37. The van der Waals surface area contributed by atoms with E-state index in [-0.39, 0.29) is 18.4 Å². The highest BCUT2D eigenvalue weighted by atomic mass is 35.5. The maximum atomic E-state index is 13.9. The van der Waals surface area contributed by atoms with Crippen molar-refractivity contribution in [3.05, 3.63) is 88.4 Å². The first-order valence-corrected chi connectivity index (χ1v) is 10.9. The lowest BCUT2D eigenvalue weighted by molar-refractivity contribution is -0.128. The smallest absolute Gasteiger partial charge is 0.255 e. The molecule has 1 saturated heterocycles. The molecule has 0 saturated carbocycles. The Kier molecular flexibility index (Phi) is 5.94. The van der Waals surface area contributed by atoms with E-state index in [2.05, 4.69) is 0 Å². The van der Waals surface area contributed by atoms with Gasteiger partial charge in [-0.3, -0.25) is 14.5 Å². The van der Waals surface area contributed by atoms with E-state index in [9.17, 15) is 9.59 Å². The molecule has 0 radical (unpaired) electrons. The van der Waals surface area contributed by atoms with E-state index in [4.69, 9.17) is 11.6 Å². The molecule has 3 aromatic carbocycles. The number of carbonyl (C=O) groups excluding carboxylic acids is 2. The van der Waals surface area contributed by atoms with E-state index in [0.29, 0.717) is 10.7 Å². The van der Waals surface area contributed by atoms with Gasteiger partial charge in [-0.05, 0) is 66.9 Å². The third-order valence-corrected chi connectivity index (χ3v) is 6.11. The highest BCUT2D eigenvalue weighted by Gasteiger charge is 2.42. The van der Waals surface area contributed by atoms with Crippen LogP contribution in [-0.4, -0.2) is 32.5 Å². The van der Waals surface area contributed by atoms with Gasteiger partial charge in [-0.25, -0.2) is 0 Å². The van der Waals surface area contributed by atoms with Crippen LogP contribution in [0, 0.1) is 13.8 Å². The first-order chi connectivity index (χ1) is 15.3. The molecular formula is C26H26ClN3O2. The first-order valence-electron chi connectivity index (χ1n) is 10.5.